The van der Waals surface area contributed by atoms with Crippen LogP contribution >= 0.6 is 0 Å². The second kappa shape index (κ2) is 11.8. The molecule has 4 rings (SSSR count). The summed E-state index contributed by atoms with van der Waals surface area (Å²) in [5, 5.41) is 0. The summed E-state index contributed by atoms with van der Waals surface area (Å²) in [6.07, 6.45) is 3.22. The van der Waals surface area contributed by atoms with Crippen molar-refractivity contribution in [3.05, 3.63) is 108 Å². The topological polar surface area (TPSA) is 167 Å². The molecule has 0 fully saturated rings. The number of nitrogens with one attached hydrogen (secondary N) is 1. The normalized spacial score (nSPS) is 11.5. The van der Waals surface area contributed by atoms with E-state index in [2.05, 4.69) is 15.4 Å². The number of furan rings is 2. The molecule has 9 N–H and O–H groups in total. The Morgan fingerprint density at radius 3 is 1.76 bits per heavy atom. The number of nitrogens with two attached hydrogens (primary N) is 4. The van der Waals surface area contributed by atoms with Crippen molar-refractivity contribution >= 4 is 23.0 Å². The van der Waals surface area contributed by atoms with Gasteiger partial charge in [-0.05, 0) is 48.5 Å². The third kappa shape index (κ3) is 7.30. The van der Waals surface area contributed by atoms with E-state index in [1.807, 2.05) is 66.7 Å². The van der Waals surface area contributed by atoms with Crippen LogP contribution in [0.25, 0.3) is 0 Å². The average Bonchev–Trinajstić information content (AvgIpc) is 3.56. The van der Waals surface area contributed by atoms with Gasteiger partial charge in [-0.3, -0.25) is 15.8 Å². The lowest BCUT2D eigenvalue weighted by Crippen LogP contribution is -2.15. The maximum atomic E-state index is 5.87. The summed E-state index contributed by atoms with van der Waals surface area (Å²) >= 11 is 0. The Labute approximate surface area is 191 Å². The van der Waals surface area contributed by atoms with Crippen LogP contribution in [0.3, 0.4) is 0 Å². The van der Waals surface area contributed by atoms with Gasteiger partial charge in [0.1, 0.15) is 23.2 Å². The zero-order valence-corrected chi connectivity index (χ0v) is 18.0. The number of amidine groups is 2. The minimum absolute atomic E-state index is 0.430. The van der Waals surface area contributed by atoms with Crippen LogP contribution in [-0.4, -0.2) is 11.7 Å². The zero-order chi connectivity index (χ0) is 23.5. The molecule has 4 aromatic rings. The van der Waals surface area contributed by atoms with Gasteiger partial charge in [-0.15, -0.1) is 0 Å². The Balaban J connectivity index is 0.000000186. The van der Waals surface area contributed by atoms with Crippen LogP contribution in [-0.2, 0) is 13.1 Å². The van der Waals surface area contributed by atoms with Crippen molar-refractivity contribution in [3.8, 4) is 0 Å². The summed E-state index contributed by atoms with van der Waals surface area (Å²) in [4.78, 5) is 8.47. The van der Waals surface area contributed by atoms with Crippen molar-refractivity contribution in [1.82, 2.24) is 0 Å². The van der Waals surface area contributed by atoms with Crippen LogP contribution in [0.2, 0.25) is 0 Å². The number of anilines is 2. The fraction of sp³-hybridized carbons (Fsp3) is 0.0833. The molecule has 0 aliphatic rings. The van der Waals surface area contributed by atoms with E-state index in [-0.39, 0.29) is 0 Å². The van der Waals surface area contributed by atoms with Crippen LogP contribution in [0.15, 0.2) is 104 Å². The first-order valence-corrected chi connectivity index (χ1v) is 10.1. The lowest BCUT2D eigenvalue weighted by Gasteiger charge is -2.04. The molecule has 0 spiro atoms. The fourth-order valence-electron chi connectivity index (χ4n) is 2.78. The van der Waals surface area contributed by atoms with E-state index >= 15 is 0 Å². The Hall–Kier alpha value is -4.50. The highest BCUT2D eigenvalue weighted by atomic mass is 16.3. The summed E-state index contributed by atoms with van der Waals surface area (Å²) in [5.41, 5.74) is 23.0. The molecule has 0 saturated heterocycles. The van der Waals surface area contributed by atoms with E-state index in [1.165, 1.54) is 0 Å². The summed E-state index contributed by atoms with van der Waals surface area (Å²) < 4.78 is 10.3. The summed E-state index contributed by atoms with van der Waals surface area (Å²) in [5.74, 6) is 7.81. The van der Waals surface area contributed by atoms with Gasteiger partial charge in [0.2, 0.25) is 0 Å². The molecule has 0 unspecified atom stereocenters. The standard InChI is InChI=1S/C12H14N4O.C12H13N3O/c13-12(15-8-11-5-2-6-17-11)9-3-1-4-10(7-9)16-14;13-10-4-1-3-9(7-10)12(14)15-8-11-5-2-6-16-11/h1-7,16H,8,14H2,(H2,13,15);1-7H,8,13H2,(H2,14,15). The van der Waals surface area contributed by atoms with E-state index in [0.29, 0.717) is 30.4 Å². The fourth-order valence-corrected chi connectivity index (χ4v) is 2.78. The summed E-state index contributed by atoms with van der Waals surface area (Å²) in [6.45, 7) is 0.868. The molecule has 2 heterocycles. The Morgan fingerprint density at radius 2 is 1.27 bits per heavy atom. The highest BCUT2D eigenvalue weighted by Gasteiger charge is 2.01. The van der Waals surface area contributed by atoms with Gasteiger partial charge in [0.05, 0.1) is 25.6 Å². The molecule has 2 aromatic heterocycles. The van der Waals surface area contributed by atoms with E-state index in [0.717, 1.165) is 28.3 Å². The van der Waals surface area contributed by atoms with Gasteiger partial charge < -0.3 is 31.5 Å². The van der Waals surface area contributed by atoms with Crippen molar-refractivity contribution in [2.75, 3.05) is 11.2 Å². The van der Waals surface area contributed by atoms with Crippen molar-refractivity contribution in [3.63, 3.8) is 0 Å². The number of hydrazine groups is 1. The quantitative estimate of drug-likeness (QED) is 0.0956. The monoisotopic (exact) mass is 445 g/mol. The minimum atomic E-state index is 0.430. The molecule has 33 heavy (non-hydrogen) atoms. The van der Waals surface area contributed by atoms with Crippen molar-refractivity contribution in [1.29, 1.82) is 0 Å². The number of nitrogens with zero attached hydrogens (tertiary/aromatic N) is 2. The molecule has 9 nitrogen and oxygen atoms in total. The first kappa shape index (κ1) is 23.2. The molecule has 0 radical (unpaired) electrons. The van der Waals surface area contributed by atoms with E-state index in [1.54, 1.807) is 18.6 Å². The summed E-state index contributed by atoms with van der Waals surface area (Å²) in [6, 6.07) is 22.1. The van der Waals surface area contributed by atoms with Gasteiger partial charge in [-0.25, -0.2) is 0 Å². The lowest BCUT2D eigenvalue weighted by atomic mass is 10.2. The maximum absolute atomic E-state index is 5.87. The minimum Gasteiger partial charge on any atom is -0.467 e. The average molecular weight is 446 g/mol. The Morgan fingerprint density at radius 1 is 0.727 bits per heavy atom. The molecule has 2 aromatic carbocycles. The van der Waals surface area contributed by atoms with Crippen molar-refractivity contribution in [2.45, 2.75) is 13.1 Å². The largest absolute Gasteiger partial charge is 0.467 e. The van der Waals surface area contributed by atoms with Crippen LogP contribution in [0, 0.1) is 0 Å². The smallest absolute Gasteiger partial charge is 0.126 e. The molecular formula is C24H27N7O2. The molecule has 170 valence electrons. The number of hydrogen-bond donors (Lipinski definition) is 5. The van der Waals surface area contributed by atoms with Gasteiger partial charge in [0.25, 0.3) is 0 Å². The highest BCUT2D eigenvalue weighted by Crippen LogP contribution is 2.10. The van der Waals surface area contributed by atoms with Crippen molar-refractivity contribution in [2.24, 2.45) is 27.3 Å². The molecule has 0 atom stereocenters. The molecule has 9 heteroatoms. The number of nitrogen functional groups attached to an aromatic ring is 2. The van der Waals surface area contributed by atoms with Crippen LogP contribution in [0.5, 0.6) is 0 Å². The second-order valence-corrected chi connectivity index (χ2v) is 6.91. The van der Waals surface area contributed by atoms with Gasteiger partial charge >= 0.3 is 0 Å². The number of benzene rings is 2. The Bertz CT molecular complexity index is 1180. The highest BCUT2D eigenvalue weighted by molar-refractivity contribution is 5.98. The van der Waals surface area contributed by atoms with Crippen molar-refractivity contribution < 1.29 is 8.83 Å². The van der Waals surface area contributed by atoms with Crippen LogP contribution in [0.1, 0.15) is 22.6 Å². The maximum Gasteiger partial charge on any atom is 0.126 e. The zero-order valence-electron chi connectivity index (χ0n) is 18.0. The second-order valence-electron chi connectivity index (χ2n) is 6.91. The third-order valence-electron chi connectivity index (χ3n) is 4.48. The SMILES string of the molecule is NC(=NCc1ccco1)c1cccc(N)c1.NNc1cccc(C(N)=NCc2ccco2)c1. The molecule has 0 aliphatic heterocycles. The predicted molar refractivity (Wildman–Crippen MR) is 131 cm³/mol. The molecular weight excluding hydrogens is 418 g/mol. The number of aliphatic imine (C=N–C) groups is 2. The molecule has 0 aliphatic carbocycles. The molecule has 0 amide bonds. The van der Waals surface area contributed by atoms with Gasteiger partial charge in [-0.1, -0.05) is 24.3 Å². The molecule has 0 bridgehead atoms. The lowest BCUT2D eigenvalue weighted by molar-refractivity contribution is 0.512. The third-order valence-corrected chi connectivity index (χ3v) is 4.48. The van der Waals surface area contributed by atoms with Gasteiger partial charge in [-0.2, -0.15) is 0 Å². The molecule has 0 saturated carbocycles. The van der Waals surface area contributed by atoms with E-state index in [4.69, 9.17) is 31.9 Å². The first-order chi connectivity index (χ1) is 16.0. The number of hydrogen-bond acceptors (Lipinski definition) is 7. The Kier molecular flexibility index (Phi) is 8.27. The van der Waals surface area contributed by atoms with Crippen LogP contribution in [0.4, 0.5) is 11.4 Å². The number of rotatable bonds is 7. The van der Waals surface area contributed by atoms with Gasteiger partial charge in [0, 0.05) is 22.5 Å². The first-order valence-electron chi connectivity index (χ1n) is 10.1. The summed E-state index contributed by atoms with van der Waals surface area (Å²) in [7, 11) is 0. The van der Waals surface area contributed by atoms with E-state index < -0.39 is 0 Å². The predicted octanol–water partition coefficient (Wildman–Crippen LogP) is 3.24. The van der Waals surface area contributed by atoms with Gasteiger partial charge in [0.15, 0.2) is 0 Å². The van der Waals surface area contributed by atoms with E-state index in [9.17, 15) is 0 Å². The van der Waals surface area contributed by atoms with Crippen LogP contribution < -0.4 is 28.5 Å².